The van der Waals surface area contributed by atoms with Crippen LogP contribution in [0.4, 0.5) is 10.7 Å². The zero-order chi connectivity index (χ0) is 18.0. The Kier molecular flexibility index (Phi) is 4.11. The Morgan fingerprint density at radius 3 is 2.32 bits per heavy atom. The van der Waals surface area contributed by atoms with Crippen molar-refractivity contribution in [1.82, 2.24) is 0 Å². The summed E-state index contributed by atoms with van der Waals surface area (Å²) in [5, 5.41) is 12.0. The van der Waals surface area contributed by atoms with E-state index in [1.807, 2.05) is 6.07 Å². The minimum absolute atomic E-state index is 0.0328. The second-order valence-corrected chi connectivity index (χ2v) is 6.20. The van der Waals surface area contributed by atoms with E-state index in [0.717, 1.165) is 0 Å². The monoisotopic (exact) mass is 340 g/mol. The fourth-order valence-electron chi connectivity index (χ4n) is 2.26. The second-order valence-electron chi connectivity index (χ2n) is 6.20. The molecule has 7 nitrogen and oxygen atoms in total. The maximum Gasteiger partial charge on any atom is 0.414 e. The molecule has 0 aliphatic heterocycles. The number of furan rings is 3. The summed E-state index contributed by atoms with van der Waals surface area (Å²) in [5.74, 6) is 1.07. The minimum atomic E-state index is -0.727. The number of nitriles is 1. The smallest absolute Gasteiger partial charge is 0.414 e. The van der Waals surface area contributed by atoms with Crippen molar-refractivity contribution in [3.63, 3.8) is 0 Å². The third kappa shape index (κ3) is 3.43. The average molecular weight is 340 g/mol. The molecule has 0 unspecified atom stereocenters. The molecule has 3 aromatic heterocycles. The van der Waals surface area contributed by atoms with Gasteiger partial charge in [0.1, 0.15) is 23.0 Å². The van der Waals surface area contributed by atoms with Crippen molar-refractivity contribution in [2.24, 2.45) is 0 Å². The second kappa shape index (κ2) is 6.24. The summed E-state index contributed by atoms with van der Waals surface area (Å²) in [6, 6.07) is 8.79. The molecular weight excluding hydrogens is 324 g/mol. The number of ether oxygens (including phenoxy) is 1. The van der Waals surface area contributed by atoms with Gasteiger partial charge in [-0.2, -0.15) is 5.26 Å². The maximum absolute atomic E-state index is 12.0. The van der Waals surface area contributed by atoms with Gasteiger partial charge in [-0.15, -0.1) is 0 Å². The minimum Gasteiger partial charge on any atom is -0.464 e. The summed E-state index contributed by atoms with van der Waals surface area (Å²) >= 11 is 0. The quantitative estimate of drug-likeness (QED) is 0.718. The van der Waals surface area contributed by atoms with Gasteiger partial charge in [0.25, 0.3) is 0 Å². The van der Waals surface area contributed by atoms with Gasteiger partial charge in [0.2, 0.25) is 5.88 Å². The van der Waals surface area contributed by atoms with Gasteiger partial charge in [0.15, 0.2) is 11.5 Å². The Hall–Kier alpha value is -3.40. The highest BCUT2D eigenvalue weighted by Crippen LogP contribution is 2.41. The van der Waals surface area contributed by atoms with Crippen LogP contribution >= 0.6 is 0 Å². The van der Waals surface area contributed by atoms with E-state index in [1.54, 1.807) is 45.0 Å². The third-order valence-corrected chi connectivity index (χ3v) is 3.15. The molecule has 3 rings (SSSR count). The summed E-state index contributed by atoms with van der Waals surface area (Å²) in [4.78, 5) is 12.0. The Bertz CT molecular complexity index is 906. The first-order valence-electron chi connectivity index (χ1n) is 7.53. The van der Waals surface area contributed by atoms with E-state index in [4.69, 9.17) is 18.0 Å². The number of hydrogen-bond acceptors (Lipinski definition) is 6. The molecule has 0 saturated heterocycles. The largest absolute Gasteiger partial charge is 0.464 e. The highest BCUT2D eigenvalue weighted by Gasteiger charge is 2.28. The Morgan fingerprint density at radius 1 is 1.16 bits per heavy atom. The van der Waals surface area contributed by atoms with Gasteiger partial charge in [0.05, 0.1) is 18.1 Å². The molecule has 0 aromatic carbocycles. The Balaban J connectivity index is 2.07. The van der Waals surface area contributed by atoms with Crippen molar-refractivity contribution in [2.75, 3.05) is 5.32 Å². The van der Waals surface area contributed by atoms with Crippen molar-refractivity contribution in [1.29, 1.82) is 5.26 Å². The number of carbonyl (C=O) groups is 1. The molecule has 0 bridgehead atoms. The maximum atomic E-state index is 12.0. The van der Waals surface area contributed by atoms with E-state index < -0.39 is 11.7 Å². The highest BCUT2D eigenvalue weighted by atomic mass is 16.6. The van der Waals surface area contributed by atoms with E-state index in [-0.39, 0.29) is 17.2 Å². The number of anilines is 1. The fourth-order valence-corrected chi connectivity index (χ4v) is 2.26. The number of carbonyl (C=O) groups excluding carboxylic acids is 1. The summed E-state index contributed by atoms with van der Waals surface area (Å²) in [5.41, 5.74) is -0.169. The standard InChI is InChI=1S/C18H16N2O5/c1-18(2,3)25-17(21)20-16-11(10-19)14(12-6-4-8-22-12)15(24-16)13-7-5-9-23-13/h4-9H,1-3H3,(H,20,21). The van der Waals surface area contributed by atoms with Crippen LogP contribution in [0.2, 0.25) is 0 Å². The molecule has 3 aromatic rings. The lowest BCUT2D eigenvalue weighted by Crippen LogP contribution is -2.27. The molecule has 0 spiro atoms. The third-order valence-electron chi connectivity index (χ3n) is 3.15. The molecule has 0 saturated carbocycles. The van der Waals surface area contributed by atoms with Gasteiger partial charge < -0.3 is 18.0 Å². The van der Waals surface area contributed by atoms with E-state index in [1.165, 1.54) is 12.5 Å². The Labute approximate surface area is 143 Å². The molecule has 1 amide bonds. The highest BCUT2D eigenvalue weighted by molar-refractivity contribution is 5.91. The summed E-state index contributed by atoms with van der Waals surface area (Å²) in [7, 11) is 0. The lowest BCUT2D eigenvalue weighted by molar-refractivity contribution is 0.0632. The molecule has 7 heteroatoms. The van der Waals surface area contributed by atoms with Crippen LogP contribution in [0.15, 0.2) is 50.0 Å². The van der Waals surface area contributed by atoms with Gasteiger partial charge in [-0.05, 0) is 45.0 Å². The zero-order valence-electron chi connectivity index (χ0n) is 14.0. The van der Waals surface area contributed by atoms with Crippen LogP contribution in [0.25, 0.3) is 22.8 Å². The molecule has 1 N–H and O–H groups in total. The summed E-state index contributed by atoms with van der Waals surface area (Å²) in [6.45, 7) is 5.22. The van der Waals surface area contributed by atoms with E-state index in [9.17, 15) is 10.1 Å². The molecule has 0 radical (unpaired) electrons. The molecule has 3 heterocycles. The van der Waals surface area contributed by atoms with Crippen LogP contribution < -0.4 is 5.32 Å². The van der Waals surface area contributed by atoms with Crippen LogP contribution in [0.1, 0.15) is 26.3 Å². The SMILES string of the molecule is CC(C)(C)OC(=O)Nc1oc(-c2ccco2)c(-c2ccco2)c1C#N. The molecular formula is C18H16N2O5. The number of amides is 1. The number of rotatable bonds is 3. The Morgan fingerprint density at radius 2 is 1.80 bits per heavy atom. The van der Waals surface area contributed by atoms with Crippen molar-refractivity contribution in [2.45, 2.75) is 26.4 Å². The number of hydrogen-bond donors (Lipinski definition) is 1. The normalized spacial score (nSPS) is 11.1. The zero-order valence-corrected chi connectivity index (χ0v) is 14.0. The topological polar surface area (TPSA) is 102 Å². The molecule has 128 valence electrons. The lowest BCUT2D eigenvalue weighted by Gasteiger charge is -2.19. The van der Waals surface area contributed by atoms with Gasteiger partial charge in [-0.3, -0.25) is 5.32 Å². The molecule has 0 aliphatic rings. The lowest BCUT2D eigenvalue weighted by atomic mass is 10.1. The van der Waals surface area contributed by atoms with E-state index in [2.05, 4.69) is 5.32 Å². The van der Waals surface area contributed by atoms with Crippen LogP contribution in [0.5, 0.6) is 0 Å². The van der Waals surface area contributed by atoms with Crippen molar-refractivity contribution >= 4 is 12.0 Å². The summed E-state index contributed by atoms with van der Waals surface area (Å²) < 4.78 is 21.7. The van der Waals surface area contributed by atoms with Crippen LogP contribution in [-0.4, -0.2) is 11.7 Å². The fraction of sp³-hybridized carbons (Fsp3) is 0.222. The van der Waals surface area contributed by atoms with Crippen molar-refractivity contribution < 1.29 is 22.8 Å². The predicted molar refractivity (Wildman–Crippen MR) is 88.7 cm³/mol. The van der Waals surface area contributed by atoms with Crippen LogP contribution in [0, 0.1) is 11.3 Å². The molecule has 0 atom stereocenters. The first-order chi connectivity index (χ1) is 11.9. The first-order valence-corrected chi connectivity index (χ1v) is 7.53. The van der Waals surface area contributed by atoms with Gasteiger partial charge in [0, 0.05) is 0 Å². The van der Waals surface area contributed by atoms with E-state index in [0.29, 0.717) is 17.1 Å². The molecule has 0 fully saturated rings. The average Bonchev–Trinajstić information content (AvgIpc) is 3.25. The van der Waals surface area contributed by atoms with Crippen molar-refractivity contribution in [3.8, 4) is 28.9 Å². The van der Waals surface area contributed by atoms with Crippen LogP contribution in [0.3, 0.4) is 0 Å². The van der Waals surface area contributed by atoms with Gasteiger partial charge in [-0.1, -0.05) is 0 Å². The molecule has 0 aliphatic carbocycles. The number of nitrogens with zero attached hydrogens (tertiary/aromatic N) is 1. The first kappa shape index (κ1) is 16.5. The summed E-state index contributed by atoms with van der Waals surface area (Å²) in [6.07, 6.45) is 2.24. The van der Waals surface area contributed by atoms with E-state index >= 15 is 0 Å². The van der Waals surface area contributed by atoms with Gasteiger partial charge >= 0.3 is 6.09 Å². The predicted octanol–water partition coefficient (Wildman–Crippen LogP) is 5.02. The van der Waals surface area contributed by atoms with Gasteiger partial charge in [-0.25, -0.2) is 4.79 Å². The van der Waals surface area contributed by atoms with Crippen LogP contribution in [-0.2, 0) is 4.74 Å². The van der Waals surface area contributed by atoms with Crippen molar-refractivity contribution in [3.05, 3.63) is 42.4 Å². The molecule has 25 heavy (non-hydrogen) atoms. The number of nitrogens with one attached hydrogen (secondary N) is 1.